The predicted octanol–water partition coefficient (Wildman–Crippen LogP) is 3.72. The summed E-state index contributed by atoms with van der Waals surface area (Å²) in [6, 6.07) is 2.15. The van der Waals surface area contributed by atoms with Gasteiger partial charge in [-0.3, -0.25) is 0 Å². The lowest BCUT2D eigenvalue weighted by Crippen LogP contribution is -2.32. The summed E-state index contributed by atoms with van der Waals surface area (Å²) in [5, 5.41) is 0.634. The Hall–Kier alpha value is -0.960. The summed E-state index contributed by atoms with van der Waals surface area (Å²) in [5.41, 5.74) is 6.27. The summed E-state index contributed by atoms with van der Waals surface area (Å²) in [4.78, 5) is 6.58. The molecule has 17 heavy (non-hydrogen) atoms. The first-order chi connectivity index (χ1) is 8.06. The molecule has 1 aromatic heterocycles. The van der Waals surface area contributed by atoms with Crippen LogP contribution in [0.25, 0.3) is 0 Å². The van der Waals surface area contributed by atoms with Crippen molar-refractivity contribution < 1.29 is 0 Å². The molecule has 0 aromatic carbocycles. The molecule has 0 bridgehead atoms. The van der Waals surface area contributed by atoms with Gasteiger partial charge in [0.1, 0.15) is 5.82 Å². The fourth-order valence-electron chi connectivity index (χ4n) is 1.80. The second-order valence-electron chi connectivity index (χ2n) is 4.57. The lowest BCUT2D eigenvalue weighted by atomic mass is 10.2. The van der Waals surface area contributed by atoms with E-state index in [0.29, 0.717) is 16.8 Å². The van der Waals surface area contributed by atoms with Crippen LogP contribution in [0, 0.1) is 0 Å². The van der Waals surface area contributed by atoms with Gasteiger partial charge in [-0.15, -0.1) is 0 Å². The minimum absolute atomic E-state index is 0.389. The Bertz CT molecular complexity index is 353. The molecule has 0 aliphatic rings. The Morgan fingerprint density at radius 2 is 2.12 bits per heavy atom. The van der Waals surface area contributed by atoms with Gasteiger partial charge in [0.15, 0.2) is 0 Å². The van der Waals surface area contributed by atoms with E-state index in [-0.39, 0.29) is 0 Å². The van der Waals surface area contributed by atoms with E-state index in [1.165, 1.54) is 12.8 Å². The molecular formula is C13H22ClN3. The first kappa shape index (κ1) is 14.1. The molecular weight excluding hydrogens is 234 g/mol. The maximum atomic E-state index is 6.20. The number of aromatic nitrogens is 1. The van der Waals surface area contributed by atoms with Crippen molar-refractivity contribution in [1.29, 1.82) is 0 Å². The molecule has 0 radical (unpaired) electrons. The van der Waals surface area contributed by atoms with Crippen molar-refractivity contribution >= 4 is 23.1 Å². The number of nitrogen functional groups attached to an aromatic ring is 1. The Kier molecular flexibility index (Phi) is 5.56. The fraction of sp³-hybridized carbons (Fsp3) is 0.615. The summed E-state index contributed by atoms with van der Waals surface area (Å²) >= 11 is 6.20. The third kappa shape index (κ3) is 4.08. The average molecular weight is 256 g/mol. The standard InChI is InChI=1S/C13H22ClN3/c1-4-5-6-7-17(10(2)3)13-12(14)8-11(15)9-16-13/h8-10H,4-7,15H2,1-3H3. The van der Waals surface area contributed by atoms with Crippen molar-refractivity contribution in [2.45, 2.75) is 46.1 Å². The number of hydrogen-bond acceptors (Lipinski definition) is 3. The van der Waals surface area contributed by atoms with E-state index in [1.807, 2.05) is 0 Å². The van der Waals surface area contributed by atoms with Gasteiger partial charge < -0.3 is 10.6 Å². The molecule has 0 fully saturated rings. The van der Waals surface area contributed by atoms with Crippen LogP contribution in [0.3, 0.4) is 0 Å². The van der Waals surface area contributed by atoms with Gasteiger partial charge in [0, 0.05) is 12.6 Å². The third-order valence-corrected chi connectivity index (χ3v) is 3.02. The van der Waals surface area contributed by atoms with Gasteiger partial charge in [-0.1, -0.05) is 31.4 Å². The summed E-state index contributed by atoms with van der Waals surface area (Å²) in [5.74, 6) is 0.840. The van der Waals surface area contributed by atoms with Crippen molar-refractivity contribution in [3.8, 4) is 0 Å². The second-order valence-corrected chi connectivity index (χ2v) is 4.98. The summed E-state index contributed by atoms with van der Waals surface area (Å²) in [7, 11) is 0. The molecule has 1 rings (SSSR count). The van der Waals surface area contributed by atoms with E-state index in [1.54, 1.807) is 12.3 Å². The third-order valence-electron chi connectivity index (χ3n) is 2.74. The summed E-state index contributed by atoms with van der Waals surface area (Å²) < 4.78 is 0. The van der Waals surface area contributed by atoms with E-state index in [2.05, 4.69) is 30.7 Å². The van der Waals surface area contributed by atoms with Crippen LogP contribution < -0.4 is 10.6 Å². The zero-order chi connectivity index (χ0) is 12.8. The highest BCUT2D eigenvalue weighted by Gasteiger charge is 2.14. The first-order valence-corrected chi connectivity index (χ1v) is 6.61. The molecule has 0 spiro atoms. The Morgan fingerprint density at radius 1 is 1.41 bits per heavy atom. The van der Waals surface area contributed by atoms with Crippen LogP contribution in [0.15, 0.2) is 12.3 Å². The maximum Gasteiger partial charge on any atom is 0.147 e. The van der Waals surface area contributed by atoms with Gasteiger partial charge >= 0.3 is 0 Å². The molecule has 2 N–H and O–H groups in total. The molecule has 0 unspecified atom stereocenters. The molecule has 0 amide bonds. The molecule has 0 saturated carbocycles. The topological polar surface area (TPSA) is 42.2 Å². The molecule has 96 valence electrons. The highest BCUT2D eigenvalue weighted by atomic mass is 35.5. The Balaban J connectivity index is 2.82. The van der Waals surface area contributed by atoms with Crippen LogP contribution in [0.1, 0.15) is 40.0 Å². The minimum atomic E-state index is 0.389. The fourth-order valence-corrected chi connectivity index (χ4v) is 2.08. The van der Waals surface area contributed by atoms with E-state index < -0.39 is 0 Å². The normalized spacial score (nSPS) is 10.9. The number of pyridine rings is 1. The molecule has 0 atom stereocenters. The van der Waals surface area contributed by atoms with Crippen molar-refractivity contribution in [3.63, 3.8) is 0 Å². The number of hydrogen-bond donors (Lipinski definition) is 1. The van der Waals surface area contributed by atoms with Crippen LogP contribution in [0.2, 0.25) is 5.02 Å². The number of nitrogens with two attached hydrogens (primary N) is 1. The average Bonchev–Trinajstić information content (AvgIpc) is 2.25. The Morgan fingerprint density at radius 3 is 2.65 bits per heavy atom. The number of anilines is 2. The van der Waals surface area contributed by atoms with Gasteiger partial charge in [-0.25, -0.2) is 4.98 Å². The van der Waals surface area contributed by atoms with Crippen LogP contribution in [0.4, 0.5) is 11.5 Å². The second kappa shape index (κ2) is 6.70. The van der Waals surface area contributed by atoms with Gasteiger partial charge in [-0.2, -0.15) is 0 Å². The van der Waals surface area contributed by atoms with E-state index in [9.17, 15) is 0 Å². The number of nitrogens with zero attached hydrogens (tertiary/aromatic N) is 2. The SMILES string of the molecule is CCCCCN(c1ncc(N)cc1Cl)C(C)C. The number of halogens is 1. The predicted molar refractivity (Wildman–Crippen MR) is 75.7 cm³/mol. The lowest BCUT2D eigenvalue weighted by molar-refractivity contribution is 0.620. The van der Waals surface area contributed by atoms with Gasteiger partial charge in [0.25, 0.3) is 0 Å². The van der Waals surface area contributed by atoms with Crippen LogP contribution in [-0.2, 0) is 0 Å². The zero-order valence-corrected chi connectivity index (χ0v) is 11.7. The zero-order valence-electron chi connectivity index (χ0n) is 10.9. The van der Waals surface area contributed by atoms with Crippen LogP contribution in [0.5, 0.6) is 0 Å². The van der Waals surface area contributed by atoms with Crippen molar-refractivity contribution in [1.82, 2.24) is 4.98 Å². The van der Waals surface area contributed by atoms with Crippen molar-refractivity contribution in [2.24, 2.45) is 0 Å². The van der Waals surface area contributed by atoms with Gasteiger partial charge in [0.2, 0.25) is 0 Å². The van der Waals surface area contributed by atoms with Crippen LogP contribution >= 0.6 is 11.6 Å². The highest BCUT2D eigenvalue weighted by molar-refractivity contribution is 6.33. The van der Waals surface area contributed by atoms with Gasteiger partial charge in [0.05, 0.1) is 16.9 Å². The molecule has 3 nitrogen and oxygen atoms in total. The molecule has 0 aliphatic carbocycles. The van der Waals surface area contributed by atoms with Gasteiger partial charge in [-0.05, 0) is 26.3 Å². The molecule has 1 aromatic rings. The molecule has 0 aliphatic heterocycles. The number of rotatable bonds is 6. The van der Waals surface area contributed by atoms with E-state index >= 15 is 0 Å². The summed E-state index contributed by atoms with van der Waals surface area (Å²) in [6.07, 6.45) is 5.28. The van der Waals surface area contributed by atoms with Crippen molar-refractivity contribution in [2.75, 3.05) is 17.2 Å². The van der Waals surface area contributed by atoms with Crippen LogP contribution in [-0.4, -0.2) is 17.6 Å². The monoisotopic (exact) mass is 255 g/mol. The largest absolute Gasteiger partial charge is 0.397 e. The maximum absolute atomic E-state index is 6.20. The number of unbranched alkanes of at least 4 members (excludes halogenated alkanes) is 2. The smallest absolute Gasteiger partial charge is 0.147 e. The first-order valence-electron chi connectivity index (χ1n) is 6.24. The van der Waals surface area contributed by atoms with E-state index in [0.717, 1.165) is 18.8 Å². The molecule has 0 saturated heterocycles. The summed E-state index contributed by atoms with van der Waals surface area (Å²) in [6.45, 7) is 7.50. The minimum Gasteiger partial charge on any atom is -0.397 e. The quantitative estimate of drug-likeness (QED) is 0.788. The van der Waals surface area contributed by atoms with Crippen molar-refractivity contribution in [3.05, 3.63) is 17.3 Å². The van der Waals surface area contributed by atoms with E-state index in [4.69, 9.17) is 17.3 Å². The lowest BCUT2D eigenvalue weighted by Gasteiger charge is -2.28. The molecule has 4 heteroatoms. The Labute approximate surface area is 109 Å². The molecule has 1 heterocycles. The highest BCUT2D eigenvalue weighted by Crippen LogP contribution is 2.26.